The Labute approximate surface area is 110 Å². The number of nitrogens with two attached hydrogens (primary N) is 1. The molecule has 0 aliphatic heterocycles. The van der Waals surface area contributed by atoms with E-state index in [1.165, 1.54) is 10.6 Å². The molecule has 1 amide bonds. The van der Waals surface area contributed by atoms with Crippen LogP contribution in [0.3, 0.4) is 0 Å². The molecule has 0 fully saturated rings. The lowest BCUT2D eigenvalue weighted by Crippen LogP contribution is -2.39. The molecule has 0 aromatic carbocycles. The zero-order valence-corrected chi connectivity index (χ0v) is 11.5. The summed E-state index contributed by atoms with van der Waals surface area (Å²) < 4.78 is 1.28. The van der Waals surface area contributed by atoms with Crippen molar-refractivity contribution in [3.63, 3.8) is 0 Å². The first kappa shape index (κ1) is 14.9. The fraction of sp³-hybridized carbons (Fsp3) is 0.462. The average molecular weight is 266 g/mol. The maximum Gasteiger partial charge on any atom is 0.337 e. The molecule has 104 valence electrons. The molecule has 6 nitrogen and oxygen atoms in total. The second-order valence-corrected chi connectivity index (χ2v) is 5.27. The molecule has 0 aliphatic carbocycles. The molecular formula is C13H18N2O4. The average Bonchev–Trinajstić information content (AvgIpc) is 2.23. The van der Waals surface area contributed by atoms with Gasteiger partial charge in [0.2, 0.25) is 5.91 Å². The number of amides is 1. The lowest BCUT2D eigenvalue weighted by Gasteiger charge is -2.24. The van der Waals surface area contributed by atoms with Gasteiger partial charge in [0.15, 0.2) is 0 Å². The first-order valence-electron chi connectivity index (χ1n) is 5.82. The number of nitrogens with zero attached hydrogens (tertiary/aromatic N) is 1. The third-order valence-corrected chi connectivity index (χ3v) is 3.20. The van der Waals surface area contributed by atoms with Crippen molar-refractivity contribution in [3.05, 3.63) is 33.2 Å². The Hall–Kier alpha value is -2.11. The van der Waals surface area contributed by atoms with Gasteiger partial charge in [-0.2, -0.15) is 0 Å². The number of aromatic carboxylic acids is 1. The minimum Gasteiger partial charge on any atom is -0.478 e. The predicted octanol–water partition coefficient (Wildman–Crippen LogP) is 0.675. The zero-order valence-electron chi connectivity index (χ0n) is 11.5. The van der Waals surface area contributed by atoms with Crippen LogP contribution >= 0.6 is 0 Å². The van der Waals surface area contributed by atoms with E-state index in [0.29, 0.717) is 11.3 Å². The van der Waals surface area contributed by atoms with Crippen molar-refractivity contribution < 1.29 is 14.7 Å². The van der Waals surface area contributed by atoms with Gasteiger partial charge in [-0.15, -0.1) is 0 Å². The summed E-state index contributed by atoms with van der Waals surface area (Å²) in [6, 6.07) is 1.26. The molecule has 1 aromatic heterocycles. The van der Waals surface area contributed by atoms with Crippen molar-refractivity contribution in [2.45, 2.75) is 34.2 Å². The molecule has 0 radical (unpaired) electrons. The maximum absolute atomic E-state index is 12.0. The highest BCUT2D eigenvalue weighted by atomic mass is 16.4. The van der Waals surface area contributed by atoms with Crippen LogP contribution < -0.4 is 11.3 Å². The van der Waals surface area contributed by atoms with E-state index in [-0.39, 0.29) is 17.7 Å². The van der Waals surface area contributed by atoms with Crippen LogP contribution in [-0.4, -0.2) is 21.6 Å². The van der Waals surface area contributed by atoms with E-state index in [4.69, 9.17) is 10.8 Å². The van der Waals surface area contributed by atoms with Crippen molar-refractivity contribution in [3.8, 4) is 0 Å². The first-order valence-corrected chi connectivity index (χ1v) is 5.82. The van der Waals surface area contributed by atoms with Gasteiger partial charge >= 0.3 is 5.97 Å². The Morgan fingerprint density at radius 2 is 1.89 bits per heavy atom. The van der Waals surface area contributed by atoms with E-state index in [0.717, 1.165) is 0 Å². The summed E-state index contributed by atoms with van der Waals surface area (Å²) in [6.45, 7) is 6.40. The Kier molecular flexibility index (Phi) is 3.83. The summed E-state index contributed by atoms with van der Waals surface area (Å²) in [5.41, 5.74) is 4.82. The minimum absolute atomic E-state index is 0.0492. The van der Waals surface area contributed by atoms with Crippen molar-refractivity contribution in [1.82, 2.24) is 4.57 Å². The molecule has 0 spiro atoms. The summed E-state index contributed by atoms with van der Waals surface area (Å²) in [4.78, 5) is 34.5. The molecule has 3 N–H and O–H groups in total. The van der Waals surface area contributed by atoms with Crippen molar-refractivity contribution in [2.24, 2.45) is 11.1 Å². The van der Waals surface area contributed by atoms with E-state index < -0.39 is 17.3 Å². The van der Waals surface area contributed by atoms with Crippen molar-refractivity contribution in [1.29, 1.82) is 0 Å². The van der Waals surface area contributed by atoms with Gasteiger partial charge in [-0.05, 0) is 33.3 Å². The summed E-state index contributed by atoms with van der Waals surface area (Å²) in [5.74, 6) is -1.64. The summed E-state index contributed by atoms with van der Waals surface area (Å²) >= 11 is 0. The molecule has 1 heterocycles. The van der Waals surface area contributed by atoms with E-state index in [1.54, 1.807) is 27.7 Å². The molecule has 0 unspecified atom stereocenters. The molecule has 0 atom stereocenters. The molecule has 6 heteroatoms. The van der Waals surface area contributed by atoms with Gasteiger partial charge in [-0.25, -0.2) is 4.79 Å². The van der Waals surface area contributed by atoms with Crippen LogP contribution in [0.4, 0.5) is 0 Å². The standard InChI is InChI=1S/C13H18N2O4/c1-7-5-9(16)15(6-13(3,4)12(14)19)8(2)10(7)11(17)18/h5H,6H2,1-4H3,(H2,14,19)(H,17,18). The fourth-order valence-electron chi connectivity index (χ4n) is 1.91. The number of pyridine rings is 1. The van der Waals surface area contributed by atoms with Gasteiger partial charge in [0.1, 0.15) is 0 Å². The fourth-order valence-corrected chi connectivity index (χ4v) is 1.91. The highest BCUT2D eigenvalue weighted by molar-refractivity contribution is 5.90. The highest BCUT2D eigenvalue weighted by Gasteiger charge is 2.27. The number of hydrogen-bond acceptors (Lipinski definition) is 3. The van der Waals surface area contributed by atoms with Crippen LogP contribution in [0.25, 0.3) is 0 Å². The summed E-state index contributed by atoms with van der Waals surface area (Å²) in [6.07, 6.45) is 0. The number of rotatable bonds is 4. The summed E-state index contributed by atoms with van der Waals surface area (Å²) in [5, 5.41) is 9.16. The Balaban J connectivity index is 3.46. The van der Waals surface area contributed by atoms with E-state index >= 15 is 0 Å². The van der Waals surface area contributed by atoms with Crippen molar-refractivity contribution >= 4 is 11.9 Å². The lowest BCUT2D eigenvalue weighted by atomic mass is 9.92. The number of carboxylic acids is 1. The second kappa shape index (κ2) is 4.87. The first-order chi connectivity index (χ1) is 8.58. The molecule has 0 saturated carbocycles. The van der Waals surface area contributed by atoms with Gasteiger partial charge in [0, 0.05) is 18.3 Å². The highest BCUT2D eigenvalue weighted by Crippen LogP contribution is 2.19. The lowest BCUT2D eigenvalue weighted by molar-refractivity contribution is -0.126. The monoisotopic (exact) mass is 266 g/mol. The zero-order chi connectivity index (χ0) is 15.0. The number of carboxylic acid groups (broad SMARTS) is 1. The largest absolute Gasteiger partial charge is 0.478 e. The third-order valence-electron chi connectivity index (χ3n) is 3.20. The Morgan fingerprint density at radius 1 is 1.37 bits per heavy atom. The van der Waals surface area contributed by atoms with Crippen LogP contribution in [0.1, 0.15) is 35.5 Å². The maximum atomic E-state index is 12.0. The van der Waals surface area contributed by atoms with Crippen LogP contribution in [0.5, 0.6) is 0 Å². The van der Waals surface area contributed by atoms with Crippen molar-refractivity contribution in [2.75, 3.05) is 0 Å². The number of carbonyl (C=O) groups excluding carboxylic acids is 1. The quantitative estimate of drug-likeness (QED) is 0.836. The third kappa shape index (κ3) is 2.83. The number of carbonyl (C=O) groups is 2. The molecule has 1 rings (SSSR count). The van der Waals surface area contributed by atoms with Crippen LogP contribution in [-0.2, 0) is 11.3 Å². The van der Waals surface area contributed by atoms with E-state index in [1.807, 2.05) is 0 Å². The number of aromatic nitrogens is 1. The van der Waals surface area contributed by atoms with E-state index in [2.05, 4.69) is 0 Å². The molecule has 19 heavy (non-hydrogen) atoms. The topological polar surface area (TPSA) is 102 Å². The summed E-state index contributed by atoms with van der Waals surface area (Å²) in [7, 11) is 0. The van der Waals surface area contributed by atoms with Gasteiger partial charge < -0.3 is 15.4 Å². The molecular weight excluding hydrogens is 248 g/mol. The van der Waals surface area contributed by atoms with Crippen LogP contribution in [0.2, 0.25) is 0 Å². The molecule has 0 saturated heterocycles. The number of primary amides is 1. The van der Waals surface area contributed by atoms with Gasteiger partial charge in [-0.1, -0.05) is 0 Å². The van der Waals surface area contributed by atoms with Crippen LogP contribution in [0, 0.1) is 19.3 Å². The molecule has 0 bridgehead atoms. The normalized spacial score (nSPS) is 11.4. The van der Waals surface area contributed by atoms with E-state index in [9.17, 15) is 14.4 Å². The number of aryl methyl sites for hydroxylation is 1. The Morgan fingerprint density at radius 3 is 2.32 bits per heavy atom. The minimum atomic E-state index is -1.10. The molecule has 0 aliphatic rings. The smallest absolute Gasteiger partial charge is 0.337 e. The second-order valence-electron chi connectivity index (χ2n) is 5.27. The van der Waals surface area contributed by atoms with Gasteiger partial charge in [-0.3, -0.25) is 9.59 Å². The predicted molar refractivity (Wildman–Crippen MR) is 70.1 cm³/mol. The SMILES string of the molecule is Cc1cc(=O)n(CC(C)(C)C(N)=O)c(C)c1C(=O)O. The van der Waals surface area contributed by atoms with Crippen LogP contribution in [0.15, 0.2) is 10.9 Å². The Bertz CT molecular complexity index is 599. The van der Waals surface area contributed by atoms with Gasteiger partial charge in [0.05, 0.1) is 11.0 Å². The van der Waals surface area contributed by atoms with Gasteiger partial charge in [0.25, 0.3) is 5.56 Å². The number of hydrogen-bond donors (Lipinski definition) is 2. The molecule has 1 aromatic rings.